The lowest BCUT2D eigenvalue weighted by molar-refractivity contribution is 0.0691. The van der Waals surface area contributed by atoms with Crippen molar-refractivity contribution in [3.8, 4) is 0 Å². The highest BCUT2D eigenvalue weighted by atomic mass is 79.9. The highest BCUT2D eigenvalue weighted by molar-refractivity contribution is 9.06. The Labute approximate surface area is 159 Å². The predicted octanol–water partition coefficient (Wildman–Crippen LogP) is 3.92. The van der Waals surface area contributed by atoms with Gasteiger partial charge in [-0.2, -0.15) is 0 Å². The number of fused-ring (bicyclic) bond motifs is 3. The van der Waals surface area contributed by atoms with Crippen LogP contribution in [0, 0.1) is 0 Å². The summed E-state index contributed by atoms with van der Waals surface area (Å²) >= 11 is 2.68. The first kappa shape index (κ1) is 18.8. The number of halogens is 1. The Morgan fingerprint density at radius 2 is 2.04 bits per heavy atom. The Morgan fingerprint density at radius 1 is 1.31 bits per heavy atom. The van der Waals surface area contributed by atoms with Crippen LogP contribution < -0.4 is 5.63 Å². The number of hydrogen-bond acceptors (Lipinski definition) is 6. The molecule has 0 aliphatic rings. The molecule has 9 heteroatoms. The quantitative estimate of drug-likeness (QED) is 0.329. The first-order valence-corrected chi connectivity index (χ1v) is 12.5. The zero-order chi connectivity index (χ0) is 18.9. The smallest absolute Gasteiger partial charge is 0.386 e. The van der Waals surface area contributed by atoms with Crippen LogP contribution in [0.3, 0.4) is 0 Å². The second kappa shape index (κ2) is 7.34. The average Bonchev–Trinajstić information content (AvgIpc) is 2.98. The van der Waals surface area contributed by atoms with Crippen LogP contribution in [0.25, 0.3) is 22.0 Å². The van der Waals surface area contributed by atoms with E-state index < -0.39 is 19.7 Å². The number of rotatable bonds is 6. The standard InChI is InChI=1S/C17H19BrN2O5Si/c1-26(2,3)9-8-23-10-20-14-11-6-4-5-7-12(11)24-16(21)13(14)19-15(20)17(22)25-18/h4-7H,8-10H2,1-3H3. The molecule has 7 nitrogen and oxygen atoms in total. The van der Waals surface area contributed by atoms with E-state index in [2.05, 4.69) is 44.7 Å². The Morgan fingerprint density at radius 3 is 2.73 bits per heavy atom. The third-order valence-electron chi connectivity index (χ3n) is 3.98. The highest BCUT2D eigenvalue weighted by Crippen LogP contribution is 2.24. The summed E-state index contributed by atoms with van der Waals surface area (Å²) in [6, 6.07) is 8.09. The van der Waals surface area contributed by atoms with Crippen molar-refractivity contribution in [1.29, 1.82) is 0 Å². The number of carbonyl (C=O) groups excluding carboxylic acids is 1. The van der Waals surface area contributed by atoms with Gasteiger partial charge in [0.1, 0.15) is 12.3 Å². The van der Waals surface area contributed by atoms with Gasteiger partial charge in [-0.25, -0.2) is 14.6 Å². The maximum absolute atomic E-state index is 12.3. The van der Waals surface area contributed by atoms with Crippen molar-refractivity contribution in [2.75, 3.05) is 6.61 Å². The number of carbonyl (C=O) groups is 1. The normalized spacial score (nSPS) is 12.0. The van der Waals surface area contributed by atoms with Gasteiger partial charge in [-0.15, -0.1) is 0 Å². The molecule has 138 valence electrons. The Bertz CT molecular complexity index is 1020. The summed E-state index contributed by atoms with van der Waals surface area (Å²) < 4.78 is 17.3. The topological polar surface area (TPSA) is 83.6 Å². The molecular weight excluding hydrogens is 420 g/mol. The minimum atomic E-state index is -1.24. The number of nitrogens with zero attached hydrogens (tertiary/aromatic N) is 2. The van der Waals surface area contributed by atoms with Crippen LogP contribution in [0.15, 0.2) is 33.5 Å². The summed E-state index contributed by atoms with van der Waals surface area (Å²) in [6.45, 7) is 7.43. The first-order valence-electron chi connectivity index (χ1n) is 8.14. The largest absolute Gasteiger partial charge is 0.421 e. The minimum Gasteiger partial charge on any atom is -0.421 e. The summed E-state index contributed by atoms with van der Waals surface area (Å²) in [5.41, 5.74) is 0.387. The monoisotopic (exact) mass is 438 g/mol. The van der Waals surface area contributed by atoms with Crippen LogP contribution in [-0.4, -0.2) is 30.2 Å². The lowest BCUT2D eigenvalue weighted by Crippen LogP contribution is -2.22. The number of aromatic nitrogens is 2. The molecule has 1 aromatic carbocycles. The number of para-hydroxylation sites is 1. The third-order valence-corrected chi connectivity index (χ3v) is 5.97. The van der Waals surface area contributed by atoms with Crippen molar-refractivity contribution < 1.29 is 17.8 Å². The van der Waals surface area contributed by atoms with Crippen molar-refractivity contribution in [2.45, 2.75) is 32.4 Å². The van der Waals surface area contributed by atoms with Gasteiger partial charge in [0.25, 0.3) is 0 Å². The summed E-state index contributed by atoms with van der Waals surface area (Å²) in [4.78, 5) is 28.5. The number of imidazole rings is 1. The van der Waals surface area contributed by atoms with Gasteiger partial charge in [-0.05, 0) is 18.2 Å². The lowest BCUT2D eigenvalue weighted by Gasteiger charge is -2.16. The average molecular weight is 439 g/mol. The second-order valence-electron chi connectivity index (χ2n) is 7.16. The number of benzene rings is 1. The van der Waals surface area contributed by atoms with E-state index in [9.17, 15) is 9.59 Å². The van der Waals surface area contributed by atoms with Crippen molar-refractivity contribution in [1.82, 2.24) is 9.55 Å². The van der Waals surface area contributed by atoms with Gasteiger partial charge >= 0.3 is 11.6 Å². The molecule has 0 radical (unpaired) electrons. The SMILES string of the molecule is C[Si](C)(C)CCOCn1c(C(=O)OBr)nc2c(=O)oc3ccccc3c21. The predicted molar refractivity (Wildman–Crippen MR) is 104 cm³/mol. The van der Waals surface area contributed by atoms with E-state index >= 15 is 0 Å². The van der Waals surface area contributed by atoms with E-state index in [1.54, 1.807) is 16.7 Å². The van der Waals surface area contributed by atoms with Gasteiger partial charge in [0.05, 0.1) is 5.52 Å². The molecule has 0 spiro atoms. The van der Waals surface area contributed by atoms with E-state index in [4.69, 9.17) is 9.15 Å². The van der Waals surface area contributed by atoms with Crippen LogP contribution in [0.4, 0.5) is 0 Å². The van der Waals surface area contributed by atoms with E-state index in [1.165, 1.54) is 0 Å². The van der Waals surface area contributed by atoms with Gasteiger partial charge in [-0.1, -0.05) is 31.8 Å². The minimum absolute atomic E-state index is 0.0199. The Balaban J connectivity index is 2.11. The molecule has 0 bridgehead atoms. The lowest BCUT2D eigenvalue weighted by atomic mass is 10.2. The van der Waals surface area contributed by atoms with Crippen molar-refractivity contribution in [3.63, 3.8) is 0 Å². The molecule has 0 saturated carbocycles. The van der Waals surface area contributed by atoms with E-state index in [0.29, 0.717) is 23.1 Å². The van der Waals surface area contributed by atoms with Gasteiger partial charge in [-0.3, -0.25) is 4.57 Å². The van der Waals surface area contributed by atoms with E-state index in [-0.39, 0.29) is 18.1 Å². The number of hydrogen-bond donors (Lipinski definition) is 0. The van der Waals surface area contributed by atoms with Crippen LogP contribution in [0.5, 0.6) is 0 Å². The molecule has 26 heavy (non-hydrogen) atoms. The van der Waals surface area contributed by atoms with Crippen LogP contribution in [0.2, 0.25) is 25.7 Å². The molecule has 0 aliphatic carbocycles. The van der Waals surface area contributed by atoms with Crippen LogP contribution >= 0.6 is 16.3 Å². The molecule has 0 amide bonds. The Kier molecular flexibility index (Phi) is 5.31. The maximum atomic E-state index is 12.3. The second-order valence-corrected chi connectivity index (χ2v) is 13.1. The molecule has 0 atom stereocenters. The molecule has 0 aliphatic heterocycles. The molecule has 3 rings (SSSR count). The maximum Gasteiger partial charge on any atom is 0.386 e. The fourth-order valence-corrected chi connectivity index (χ4v) is 3.52. The van der Waals surface area contributed by atoms with Crippen molar-refractivity contribution in [3.05, 3.63) is 40.5 Å². The highest BCUT2D eigenvalue weighted by Gasteiger charge is 2.23. The summed E-state index contributed by atoms with van der Waals surface area (Å²) in [5, 5.41) is 0.678. The molecule has 0 saturated heterocycles. The van der Waals surface area contributed by atoms with Crippen molar-refractivity contribution in [2.24, 2.45) is 0 Å². The fraction of sp³-hybridized carbons (Fsp3) is 0.353. The zero-order valence-corrected chi connectivity index (χ0v) is 17.3. The molecule has 3 aromatic rings. The van der Waals surface area contributed by atoms with Gasteiger partial charge in [0.2, 0.25) is 5.82 Å². The molecule has 0 fully saturated rings. The van der Waals surface area contributed by atoms with E-state index in [1.807, 2.05) is 12.1 Å². The summed E-state index contributed by atoms with van der Waals surface area (Å²) in [5.74, 6) is -0.730. The van der Waals surface area contributed by atoms with Gasteiger partial charge < -0.3 is 13.0 Å². The van der Waals surface area contributed by atoms with Crippen LogP contribution in [0.1, 0.15) is 10.6 Å². The first-order chi connectivity index (χ1) is 12.3. The molecule has 0 N–H and O–H groups in total. The number of ether oxygens (including phenoxy) is 1. The van der Waals surface area contributed by atoms with Crippen molar-refractivity contribution >= 4 is 52.3 Å². The third kappa shape index (κ3) is 3.74. The summed E-state index contributed by atoms with van der Waals surface area (Å²) in [7, 11) is -1.24. The fourth-order valence-electron chi connectivity index (χ4n) is 2.62. The molecule has 2 heterocycles. The van der Waals surface area contributed by atoms with Gasteiger partial charge in [0, 0.05) is 20.1 Å². The van der Waals surface area contributed by atoms with E-state index in [0.717, 1.165) is 6.04 Å². The Hall–Kier alpha value is -1.97. The molecular formula is C17H19BrN2O5Si. The zero-order valence-electron chi connectivity index (χ0n) is 14.7. The van der Waals surface area contributed by atoms with Gasteiger partial charge in [0.15, 0.2) is 21.8 Å². The summed E-state index contributed by atoms with van der Waals surface area (Å²) in [6.07, 6.45) is 0. The molecule has 0 unspecified atom stereocenters. The molecule has 2 aromatic heterocycles. The van der Waals surface area contributed by atoms with Crippen LogP contribution in [-0.2, 0) is 15.3 Å².